The lowest BCUT2D eigenvalue weighted by Crippen LogP contribution is -1.86. The minimum absolute atomic E-state index is 0.512. The van der Waals surface area contributed by atoms with Crippen molar-refractivity contribution in [1.82, 2.24) is 0 Å². The van der Waals surface area contributed by atoms with Crippen LogP contribution in [-0.4, -0.2) is 0 Å². The van der Waals surface area contributed by atoms with Crippen LogP contribution in [0.2, 0.25) is 0 Å². The van der Waals surface area contributed by atoms with Gasteiger partial charge in [0, 0.05) is 6.07 Å². The molecule has 0 bridgehead atoms. The highest BCUT2D eigenvalue weighted by Gasteiger charge is 2.04. The molecule has 0 N–H and O–H groups in total. The molecule has 2 aromatic rings. The van der Waals surface area contributed by atoms with Gasteiger partial charge in [-0.2, -0.15) is 0 Å². The molecule has 0 aromatic heterocycles. The molecule has 0 nitrogen and oxygen atoms in total. The molecule has 0 fully saturated rings. The van der Waals surface area contributed by atoms with Gasteiger partial charge in [0.2, 0.25) is 0 Å². The molecular weight excluding hydrogens is 194 g/mol. The highest BCUT2D eigenvalue weighted by molar-refractivity contribution is 5.68. The van der Waals surface area contributed by atoms with E-state index in [0.717, 1.165) is 17.2 Å². The maximum absolute atomic E-state index is 13.0. The molecule has 2 rings (SSSR count). The van der Waals surface area contributed by atoms with Gasteiger partial charge in [0.15, 0.2) is 0 Å². The van der Waals surface area contributed by atoms with Crippen LogP contribution in [-0.2, 0) is 0 Å². The molecular formula is C13H9F2. The molecule has 0 heterocycles. The van der Waals surface area contributed by atoms with Gasteiger partial charge >= 0.3 is 0 Å². The average Bonchev–Trinajstić information content (AvgIpc) is 2.16. The van der Waals surface area contributed by atoms with Crippen LogP contribution in [0.1, 0.15) is 5.56 Å². The lowest BCUT2D eigenvalue weighted by molar-refractivity contribution is 0.584. The third-order valence-corrected chi connectivity index (χ3v) is 2.19. The van der Waals surface area contributed by atoms with E-state index in [9.17, 15) is 8.78 Å². The molecule has 0 saturated heterocycles. The molecule has 2 aromatic carbocycles. The van der Waals surface area contributed by atoms with E-state index in [1.807, 2.05) is 12.1 Å². The summed E-state index contributed by atoms with van der Waals surface area (Å²) in [5.74, 6) is -1.15. The first-order valence-electron chi connectivity index (χ1n) is 4.54. The first-order chi connectivity index (χ1) is 7.16. The molecule has 0 aliphatic heterocycles. The SMILES string of the molecule is [CH2]c1ccccc1-c1cc(F)cc(F)c1. The second-order valence-electron chi connectivity index (χ2n) is 3.32. The summed E-state index contributed by atoms with van der Waals surface area (Å²) in [6.45, 7) is 3.81. The summed E-state index contributed by atoms with van der Waals surface area (Å²) in [4.78, 5) is 0. The molecule has 15 heavy (non-hydrogen) atoms. The zero-order valence-corrected chi connectivity index (χ0v) is 8.00. The Kier molecular flexibility index (Phi) is 2.50. The highest BCUT2D eigenvalue weighted by atomic mass is 19.1. The minimum Gasteiger partial charge on any atom is -0.207 e. The van der Waals surface area contributed by atoms with E-state index in [1.165, 1.54) is 12.1 Å². The third kappa shape index (κ3) is 2.04. The lowest BCUT2D eigenvalue weighted by Gasteiger charge is -2.05. The smallest absolute Gasteiger partial charge is 0.126 e. The first kappa shape index (κ1) is 9.84. The van der Waals surface area contributed by atoms with Crippen molar-refractivity contribution in [2.24, 2.45) is 0 Å². The van der Waals surface area contributed by atoms with Gasteiger partial charge in [-0.3, -0.25) is 0 Å². The van der Waals surface area contributed by atoms with Crippen LogP contribution in [0.4, 0.5) is 8.78 Å². The van der Waals surface area contributed by atoms with Gasteiger partial charge < -0.3 is 0 Å². The van der Waals surface area contributed by atoms with Gasteiger partial charge in [0.1, 0.15) is 11.6 Å². The summed E-state index contributed by atoms with van der Waals surface area (Å²) >= 11 is 0. The minimum atomic E-state index is -0.576. The molecule has 75 valence electrons. The Morgan fingerprint density at radius 2 is 1.47 bits per heavy atom. The summed E-state index contributed by atoms with van der Waals surface area (Å²) in [7, 11) is 0. The van der Waals surface area contributed by atoms with E-state index < -0.39 is 11.6 Å². The predicted molar refractivity (Wildman–Crippen MR) is 56.3 cm³/mol. The van der Waals surface area contributed by atoms with E-state index in [0.29, 0.717) is 5.56 Å². The van der Waals surface area contributed by atoms with E-state index >= 15 is 0 Å². The summed E-state index contributed by atoms with van der Waals surface area (Å²) in [6.07, 6.45) is 0. The van der Waals surface area contributed by atoms with Crippen molar-refractivity contribution in [2.45, 2.75) is 0 Å². The Hall–Kier alpha value is -1.70. The summed E-state index contributed by atoms with van der Waals surface area (Å²) < 4.78 is 26.0. The first-order valence-corrected chi connectivity index (χ1v) is 4.54. The number of halogens is 2. The van der Waals surface area contributed by atoms with Crippen LogP contribution in [0.3, 0.4) is 0 Å². The van der Waals surface area contributed by atoms with Crippen LogP contribution in [0.5, 0.6) is 0 Å². The topological polar surface area (TPSA) is 0 Å². The maximum Gasteiger partial charge on any atom is 0.126 e. The number of hydrogen-bond acceptors (Lipinski definition) is 0. The summed E-state index contributed by atoms with van der Waals surface area (Å²) in [6, 6.07) is 10.7. The van der Waals surface area contributed by atoms with Crippen molar-refractivity contribution >= 4 is 0 Å². The third-order valence-electron chi connectivity index (χ3n) is 2.19. The van der Waals surface area contributed by atoms with Crippen molar-refractivity contribution < 1.29 is 8.78 Å². The zero-order chi connectivity index (χ0) is 10.8. The number of rotatable bonds is 1. The number of benzene rings is 2. The average molecular weight is 203 g/mol. The fourth-order valence-corrected chi connectivity index (χ4v) is 1.51. The normalized spacial score (nSPS) is 10.3. The Morgan fingerprint density at radius 3 is 2.07 bits per heavy atom. The fraction of sp³-hybridized carbons (Fsp3) is 0. The molecule has 1 radical (unpaired) electrons. The van der Waals surface area contributed by atoms with Crippen LogP contribution in [0, 0.1) is 18.6 Å². The molecule has 0 aliphatic carbocycles. The van der Waals surface area contributed by atoms with Crippen molar-refractivity contribution in [1.29, 1.82) is 0 Å². The fourth-order valence-electron chi connectivity index (χ4n) is 1.51. The molecule has 2 heteroatoms. The van der Waals surface area contributed by atoms with Crippen LogP contribution < -0.4 is 0 Å². The molecule has 0 aliphatic rings. The summed E-state index contributed by atoms with van der Waals surface area (Å²) in [5, 5.41) is 0. The Bertz CT molecular complexity index is 469. The van der Waals surface area contributed by atoms with Crippen molar-refractivity contribution in [2.75, 3.05) is 0 Å². The standard InChI is InChI=1S/C13H9F2/c1-9-4-2-3-5-13(9)10-6-11(14)8-12(15)7-10/h2-8H,1H2. The molecule has 0 unspecified atom stereocenters. The van der Waals surface area contributed by atoms with Crippen LogP contribution in [0.25, 0.3) is 11.1 Å². The second kappa shape index (κ2) is 3.81. The molecule has 0 atom stereocenters. The molecule has 0 saturated carbocycles. The Morgan fingerprint density at radius 1 is 0.867 bits per heavy atom. The Balaban J connectivity index is 2.59. The van der Waals surface area contributed by atoms with Crippen molar-refractivity contribution in [3.05, 3.63) is 66.6 Å². The predicted octanol–water partition coefficient (Wildman–Crippen LogP) is 3.81. The van der Waals surface area contributed by atoms with Gasteiger partial charge in [-0.1, -0.05) is 24.3 Å². The molecule has 0 spiro atoms. The van der Waals surface area contributed by atoms with E-state index in [2.05, 4.69) is 6.92 Å². The van der Waals surface area contributed by atoms with Gasteiger partial charge in [-0.05, 0) is 35.7 Å². The monoisotopic (exact) mass is 203 g/mol. The van der Waals surface area contributed by atoms with E-state index in [-0.39, 0.29) is 0 Å². The second-order valence-corrected chi connectivity index (χ2v) is 3.32. The quantitative estimate of drug-likeness (QED) is 0.661. The zero-order valence-electron chi connectivity index (χ0n) is 8.00. The van der Waals surface area contributed by atoms with Gasteiger partial charge in [-0.25, -0.2) is 8.78 Å². The van der Waals surface area contributed by atoms with Crippen molar-refractivity contribution in [3.8, 4) is 11.1 Å². The van der Waals surface area contributed by atoms with Crippen molar-refractivity contribution in [3.63, 3.8) is 0 Å². The maximum atomic E-state index is 13.0. The van der Waals surface area contributed by atoms with Gasteiger partial charge in [0.25, 0.3) is 0 Å². The van der Waals surface area contributed by atoms with E-state index in [4.69, 9.17) is 0 Å². The van der Waals surface area contributed by atoms with E-state index in [1.54, 1.807) is 12.1 Å². The highest BCUT2D eigenvalue weighted by Crippen LogP contribution is 2.24. The molecule has 0 amide bonds. The largest absolute Gasteiger partial charge is 0.207 e. The van der Waals surface area contributed by atoms with Gasteiger partial charge in [-0.15, -0.1) is 0 Å². The summed E-state index contributed by atoms with van der Waals surface area (Å²) in [5.41, 5.74) is 2.01. The Labute approximate surface area is 87.2 Å². The van der Waals surface area contributed by atoms with Crippen LogP contribution >= 0.6 is 0 Å². The van der Waals surface area contributed by atoms with Gasteiger partial charge in [0.05, 0.1) is 0 Å². The van der Waals surface area contributed by atoms with Crippen LogP contribution in [0.15, 0.2) is 42.5 Å². The lowest BCUT2D eigenvalue weighted by atomic mass is 10.0. The number of hydrogen-bond donors (Lipinski definition) is 0.